The third kappa shape index (κ3) is 6.00. The first-order chi connectivity index (χ1) is 18.0. The van der Waals surface area contributed by atoms with Crippen LogP contribution in [0.2, 0.25) is 0 Å². The van der Waals surface area contributed by atoms with E-state index < -0.39 is 59.6 Å². The molecule has 13 heteroatoms. The van der Waals surface area contributed by atoms with Crippen LogP contribution in [0.4, 0.5) is 13.2 Å². The molecular formula is C26H36F3N5O5. The van der Waals surface area contributed by atoms with Gasteiger partial charge in [0.1, 0.15) is 18.1 Å². The maximum absolute atomic E-state index is 13.7. The van der Waals surface area contributed by atoms with Gasteiger partial charge in [-0.1, -0.05) is 13.8 Å². The molecule has 4 amide bonds. The fraction of sp³-hybridized carbons (Fsp3) is 0.808. The Balaban J connectivity index is 1.52. The second-order valence-corrected chi connectivity index (χ2v) is 12.6. The molecule has 10 nitrogen and oxygen atoms in total. The predicted octanol–water partition coefficient (Wildman–Crippen LogP) is 1.40. The summed E-state index contributed by atoms with van der Waals surface area (Å²) in [5.41, 5.74) is -0.724. The van der Waals surface area contributed by atoms with Gasteiger partial charge < -0.3 is 25.6 Å². The number of rotatable bonds is 9. The van der Waals surface area contributed by atoms with Crippen LogP contribution in [0.3, 0.4) is 0 Å². The molecule has 2 saturated heterocycles. The average molecular weight is 556 g/mol. The number of hydrogen-bond donors (Lipinski definition) is 3. The highest BCUT2D eigenvalue weighted by Gasteiger charge is 2.70. The van der Waals surface area contributed by atoms with Crippen LogP contribution in [0, 0.1) is 34.5 Å². The number of nitrogens with zero attached hydrogens (tertiary/aromatic N) is 2. The molecule has 7 atom stereocenters. The van der Waals surface area contributed by atoms with Crippen LogP contribution in [-0.2, 0) is 23.9 Å². The van der Waals surface area contributed by atoms with Gasteiger partial charge >= 0.3 is 12.1 Å². The molecule has 216 valence electrons. The van der Waals surface area contributed by atoms with Gasteiger partial charge in [-0.2, -0.15) is 18.4 Å². The van der Waals surface area contributed by atoms with E-state index in [4.69, 9.17) is 4.74 Å². The number of fused-ring (bicyclic) bond motifs is 1. The largest absolute Gasteiger partial charge is 0.471 e. The van der Waals surface area contributed by atoms with Gasteiger partial charge in [-0.25, -0.2) is 0 Å². The number of halogens is 3. The third-order valence-corrected chi connectivity index (χ3v) is 8.55. The van der Waals surface area contributed by atoms with Crippen molar-refractivity contribution in [2.75, 3.05) is 6.54 Å². The molecule has 4 aliphatic rings. The van der Waals surface area contributed by atoms with Gasteiger partial charge in [-0.15, -0.1) is 0 Å². The van der Waals surface area contributed by atoms with Crippen LogP contribution in [0.15, 0.2) is 0 Å². The first kappa shape index (κ1) is 29.1. The Morgan fingerprint density at radius 1 is 1.21 bits per heavy atom. The molecule has 7 unspecified atom stereocenters. The lowest BCUT2D eigenvalue weighted by Gasteiger charge is -2.35. The predicted molar refractivity (Wildman–Crippen MR) is 130 cm³/mol. The topological polar surface area (TPSA) is 141 Å². The van der Waals surface area contributed by atoms with Crippen LogP contribution in [0.1, 0.15) is 60.3 Å². The molecule has 4 rings (SSSR count). The normalized spacial score (nSPS) is 30.8. The fourth-order valence-corrected chi connectivity index (χ4v) is 6.25. The van der Waals surface area contributed by atoms with E-state index in [0.29, 0.717) is 19.3 Å². The zero-order valence-corrected chi connectivity index (χ0v) is 22.7. The monoisotopic (exact) mass is 555 g/mol. The number of amides is 4. The Kier molecular flexibility index (Phi) is 7.42. The molecule has 39 heavy (non-hydrogen) atoms. The maximum atomic E-state index is 13.7. The second-order valence-electron chi connectivity index (χ2n) is 12.6. The standard InChI is InChI=1S/C26H36F3N5O5/c1-12(39-15-6-7-15)18(32-23(38)26(27,28)29)22(37)34-11-16-17(25(16,4)5)19(34)21(36)31-14(10-30)8-13-9-24(2,3)33-20(13)35/h12-19H,6-9,11H2,1-5H3,(H,31,36)(H,32,38)(H,33,35). The lowest BCUT2D eigenvalue weighted by Crippen LogP contribution is -2.60. The lowest BCUT2D eigenvalue weighted by molar-refractivity contribution is -0.176. The van der Waals surface area contributed by atoms with Crippen LogP contribution in [0.25, 0.3) is 0 Å². The molecular weight excluding hydrogens is 519 g/mol. The smallest absolute Gasteiger partial charge is 0.373 e. The average Bonchev–Trinajstić information content (AvgIpc) is 3.62. The summed E-state index contributed by atoms with van der Waals surface area (Å²) in [6.07, 6.45) is -4.46. The zero-order valence-electron chi connectivity index (χ0n) is 22.7. The van der Waals surface area contributed by atoms with Crippen molar-refractivity contribution in [1.29, 1.82) is 5.26 Å². The van der Waals surface area contributed by atoms with E-state index in [9.17, 15) is 37.6 Å². The summed E-state index contributed by atoms with van der Waals surface area (Å²) in [5.74, 6) is -4.73. The molecule has 4 fully saturated rings. The molecule has 0 spiro atoms. The second kappa shape index (κ2) is 9.94. The number of likely N-dealkylation sites (tertiary alicyclic amines) is 1. The first-order valence-corrected chi connectivity index (χ1v) is 13.3. The highest BCUT2D eigenvalue weighted by atomic mass is 19.4. The molecule has 0 aromatic carbocycles. The molecule has 2 aliphatic carbocycles. The van der Waals surface area contributed by atoms with Gasteiger partial charge in [0.2, 0.25) is 17.7 Å². The Morgan fingerprint density at radius 3 is 2.36 bits per heavy atom. The van der Waals surface area contributed by atoms with E-state index in [1.807, 2.05) is 33.8 Å². The summed E-state index contributed by atoms with van der Waals surface area (Å²) in [5, 5.41) is 17.0. The number of carbonyl (C=O) groups is 4. The van der Waals surface area contributed by atoms with Gasteiger partial charge in [0.15, 0.2) is 0 Å². The van der Waals surface area contributed by atoms with Crippen molar-refractivity contribution >= 4 is 23.6 Å². The Hall–Kier alpha value is -2.88. The van der Waals surface area contributed by atoms with Gasteiger partial charge in [-0.05, 0) is 63.7 Å². The van der Waals surface area contributed by atoms with Crippen molar-refractivity contribution in [1.82, 2.24) is 20.9 Å². The summed E-state index contributed by atoms with van der Waals surface area (Å²) < 4.78 is 44.9. The molecule has 0 radical (unpaired) electrons. The number of alkyl halides is 3. The lowest BCUT2D eigenvalue weighted by atomic mass is 9.91. The van der Waals surface area contributed by atoms with Gasteiger partial charge in [0.05, 0.1) is 18.3 Å². The Morgan fingerprint density at radius 2 is 1.85 bits per heavy atom. The zero-order chi connectivity index (χ0) is 29.1. The van der Waals surface area contributed by atoms with E-state index in [2.05, 4.69) is 10.6 Å². The number of nitriles is 1. The van der Waals surface area contributed by atoms with Crippen molar-refractivity contribution in [2.45, 2.75) is 102 Å². The van der Waals surface area contributed by atoms with Crippen molar-refractivity contribution < 1.29 is 37.1 Å². The SMILES string of the molecule is CC(OC1CC1)C(NC(=O)C(F)(F)F)C(=O)N1CC2C(C1C(=O)NC(C#N)CC1CC(C)(C)NC1=O)C2(C)C. The molecule has 0 bridgehead atoms. The third-order valence-electron chi connectivity index (χ3n) is 8.55. The van der Waals surface area contributed by atoms with Gasteiger partial charge in [-0.3, -0.25) is 19.2 Å². The van der Waals surface area contributed by atoms with Crippen molar-refractivity contribution in [3.63, 3.8) is 0 Å². The molecule has 2 saturated carbocycles. The maximum Gasteiger partial charge on any atom is 0.471 e. The highest BCUT2D eigenvalue weighted by Crippen LogP contribution is 2.65. The summed E-state index contributed by atoms with van der Waals surface area (Å²) >= 11 is 0. The minimum absolute atomic E-state index is 0.0715. The molecule has 3 N–H and O–H groups in total. The summed E-state index contributed by atoms with van der Waals surface area (Å²) in [7, 11) is 0. The van der Waals surface area contributed by atoms with Gasteiger partial charge in [0.25, 0.3) is 0 Å². The molecule has 0 aromatic rings. The van der Waals surface area contributed by atoms with E-state index in [0.717, 1.165) is 0 Å². The number of ether oxygens (including phenoxy) is 1. The Bertz CT molecular complexity index is 1080. The first-order valence-electron chi connectivity index (χ1n) is 13.3. The van der Waals surface area contributed by atoms with Crippen molar-refractivity contribution in [2.24, 2.45) is 23.2 Å². The molecule has 2 aliphatic heterocycles. The number of nitrogens with one attached hydrogen (secondary N) is 3. The Labute approximate surface area is 225 Å². The van der Waals surface area contributed by atoms with Crippen molar-refractivity contribution in [3.8, 4) is 6.07 Å². The minimum atomic E-state index is -5.20. The fourth-order valence-electron chi connectivity index (χ4n) is 6.25. The quantitative estimate of drug-likeness (QED) is 0.393. The number of hydrogen-bond acceptors (Lipinski definition) is 6. The van der Waals surface area contributed by atoms with Crippen LogP contribution < -0.4 is 16.0 Å². The van der Waals surface area contributed by atoms with Crippen molar-refractivity contribution in [3.05, 3.63) is 0 Å². The van der Waals surface area contributed by atoms with Crippen LogP contribution in [0.5, 0.6) is 0 Å². The number of carbonyl (C=O) groups excluding carboxylic acids is 4. The van der Waals surface area contributed by atoms with E-state index in [1.165, 1.54) is 11.8 Å². The van der Waals surface area contributed by atoms with E-state index >= 15 is 0 Å². The summed E-state index contributed by atoms with van der Waals surface area (Å²) in [6, 6.07) is -1.67. The van der Waals surface area contributed by atoms with Crippen LogP contribution >= 0.6 is 0 Å². The summed E-state index contributed by atoms with van der Waals surface area (Å²) in [6.45, 7) is 9.17. The van der Waals surface area contributed by atoms with E-state index in [-0.39, 0.29) is 42.2 Å². The summed E-state index contributed by atoms with van der Waals surface area (Å²) in [4.78, 5) is 52.6. The highest BCUT2D eigenvalue weighted by molar-refractivity contribution is 5.95. The number of piperidine rings is 1. The molecule has 0 aromatic heterocycles. The van der Waals surface area contributed by atoms with Gasteiger partial charge in [0, 0.05) is 18.0 Å². The van der Waals surface area contributed by atoms with Crippen LogP contribution in [-0.4, -0.2) is 77.1 Å². The van der Waals surface area contributed by atoms with E-state index in [1.54, 1.807) is 5.32 Å². The molecule has 2 heterocycles. The minimum Gasteiger partial charge on any atom is -0.373 e.